The minimum atomic E-state index is -1.29. The van der Waals surface area contributed by atoms with Gasteiger partial charge in [0.25, 0.3) is 0 Å². The molecule has 1 aliphatic rings. The lowest BCUT2D eigenvalue weighted by Gasteiger charge is -2.14. The molecular weight excluding hydrogens is 190 g/mol. The Labute approximate surface area is 78.9 Å². The van der Waals surface area contributed by atoms with Crippen LogP contribution < -0.4 is 11.1 Å². The summed E-state index contributed by atoms with van der Waals surface area (Å²) in [5, 5.41) is 2.39. The van der Waals surface area contributed by atoms with Gasteiger partial charge in [0.2, 0.25) is 5.91 Å². The lowest BCUT2D eigenvalue weighted by Crippen LogP contribution is -2.40. The maximum atomic E-state index is 12.9. The Morgan fingerprint density at radius 1 is 1.36 bits per heavy atom. The number of anilines is 1. The SMILES string of the molecule is C[C@@]1(N)C(=O)Nc2cc(F)c(F)cc21. The van der Waals surface area contributed by atoms with Crippen LogP contribution in [0.1, 0.15) is 12.5 Å². The molecule has 1 aliphatic heterocycles. The van der Waals surface area contributed by atoms with Crippen molar-refractivity contribution in [3.63, 3.8) is 0 Å². The number of benzene rings is 1. The molecule has 1 amide bonds. The van der Waals surface area contributed by atoms with E-state index in [-0.39, 0.29) is 11.3 Å². The molecule has 1 aromatic carbocycles. The summed E-state index contributed by atoms with van der Waals surface area (Å²) in [6.07, 6.45) is 0. The first kappa shape index (κ1) is 9.08. The van der Waals surface area contributed by atoms with Crippen LogP contribution in [0.5, 0.6) is 0 Å². The molecule has 0 aromatic heterocycles. The first-order valence-electron chi connectivity index (χ1n) is 4.03. The van der Waals surface area contributed by atoms with Crippen LogP contribution in [0.25, 0.3) is 0 Å². The van der Waals surface area contributed by atoms with E-state index in [2.05, 4.69) is 5.32 Å². The molecule has 5 heteroatoms. The lowest BCUT2D eigenvalue weighted by atomic mass is 9.95. The fraction of sp³-hybridized carbons (Fsp3) is 0.222. The van der Waals surface area contributed by atoms with Gasteiger partial charge >= 0.3 is 0 Å². The fourth-order valence-electron chi connectivity index (χ4n) is 1.45. The number of carbonyl (C=O) groups is 1. The maximum absolute atomic E-state index is 12.9. The summed E-state index contributed by atoms with van der Waals surface area (Å²) in [5.74, 6) is -2.46. The summed E-state index contributed by atoms with van der Waals surface area (Å²) >= 11 is 0. The maximum Gasteiger partial charge on any atom is 0.248 e. The minimum absolute atomic E-state index is 0.235. The van der Waals surface area contributed by atoms with Crippen LogP contribution in [-0.4, -0.2) is 5.91 Å². The van der Waals surface area contributed by atoms with Gasteiger partial charge in [-0.1, -0.05) is 0 Å². The third-order valence-electron chi connectivity index (χ3n) is 2.34. The van der Waals surface area contributed by atoms with Gasteiger partial charge < -0.3 is 11.1 Å². The number of nitrogens with one attached hydrogen (secondary N) is 1. The van der Waals surface area contributed by atoms with Crippen molar-refractivity contribution in [1.29, 1.82) is 0 Å². The van der Waals surface area contributed by atoms with Gasteiger partial charge in [0.15, 0.2) is 11.6 Å². The normalized spacial score (nSPS) is 24.7. The molecule has 0 saturated heterocycles. The fourth-order valence-corrected chi connectivity index (χ4v) is 1.45. The van der Waals surface area contributed by atoms with Crippen molar-refractivity contribution >= 4 is 11.6 Å². The lowest BCUT2D eigenvalue weighted by molar-refractivity contribution is -0.120. The molecule has 74 valence electrons. The highest BCUT2D eigenvalue weighted by atomic mass is 19.2. The molecule has 1 heterocycles. The van der Waals surface area contributed by atoms with Gasteiger partial charge in [-0.05, 0) is 13.0 Å². The largest absolute Gasteiger partial charge is 0.324 e. The zero-order chi connectivity index (χ0) is 10.5. The van der Waals surface area contributed by atoms with Crippen molar-refractivity contribution in [3.8, 4) is 0 Å². The van der Waals surface area contributed by atoms with E-state index < -0.39 is 23.1 Å². The summed E-state index contributed by atoms with van der Waals surface area (Å²) in [7, 11) is 0. The second-order valence-corrected chi connectivity index (χ2v) is 3.47. The van der Waals surface area contributed by atoms with Crippen LogP contribution in [0.2, 0.25) is 0 Å². The number of nitrogens with two attached hydrogens (primary N) is 1. The Hall–Kier alpha value is -1.49. The summed E-state index contributed by atoms with van der Waals surface area (Å²) in [6.45, 7) is 1.45. The second kappa shape index (κ2) is 2.51. The third-order valence-corrected chi connectivity index (χ3v) is 2.34. The highest BCUT2D eigenvalue weighted by molar-refractivity contribution is 6.05. The molecule has 0 unspecified atom stereocenters. The van der Waals surface area contributed by atoms with Crippen molar-refractivity contribution < 1.29 is 13.6 Å². The van der Waals surface area contributed by atoms with Crippen LogP contribution in [-0.2, 0) is 10.3 Å². The Bertz CT molecular complexity index is 429. The van der Waals surface area contributed by atoms with E-state index >= 15 is 0 Å². The van der Waals surface area contributed by atoms with E-state index in [0.717, 1.165) is 12.1 Å². The number of carbonyl (C=O) groups excluding carboxylic acids is 1. The molecule has 0 bridgehead atoms. The van der Waals surface area contributed by atoms with Gasteiger partial charge in [0.1, 0.15) is 5.54 Å². The van der Waals surface area contributed by atoms with Crippen molar-refractivity contribution in [1.82, 2.24) is 0 Å². The van der Waals surface area contributed by atoms with Crippen molar-refractivity contribution in [2.45, 2.75) is 12.5 Å². The van der Waals surface area contributed by atoms with E-state index in [1.807, 2.05) is 0 Å². The molecule has 3 N–H and O–H groups in total. The average molecular weight is 198 g/mol. The van der Waals surface area contributed by atoms with Crippen molar-refractivity contribution in [2.75, 3.05) is 5.32 Å². The summed E-state index contributed by atoms with van der Waals surface area (Å²) in [5.41, 5.74) is 4.88. The molecule has 3 nitrogen and oxygen atoms in total. The van der Waals surface area contributed by atoms with Crippen molar-refractivity contribution in [3.05, 3.63) is 29.3 Å². The highest BCUT2D eigenvalue weighted by Crippen LogP contribution is 2.34. The first-order valence-corrected chi connectivity index (χ1v) is 4.03. The van der Waals surface area contributed by atoms with E-state index in [9.17, 15) is 13.6 Å². The predicted molar refractivity (Wildman–Crippen MR) is 46.5 cm³/mol. The van der Waals surface area contributed by atoms with Gasteiger partial charge in [0, 0.05) is 17.3 Å². The van der Waals surface area contributed by atoms with E-state index in [1.165, 1.54) is 6.92 Å². The zero-order valence-electron chi connectivity index (χ0n) is 7.40. The number of fused-ring (bicyclic) bond motifs is 1. The summed E-state index contributed by atoms with van der Waals surface area (Å²) < 4.78 is 25.7. The molecule has 2 rings (SSSR count). The quantitative estimate of drug-likeness (QED) is 0.655. The molecule has 0 spiro atoms. The van der Waals surface area contributed by atoms with Gasteiger partial charge in [-0.25, -0.2) is 8.78 Å². The highest BCUT2D eigenvalue weighted by Gasteiger charge is 2.39. The average Bonchev–Trinajstić information content (AvgIpc) is 2.28. The first-order chi connectivity index (χ1) is 6.43. The van der Waals surface area contributed by atoms with E-state index in [1.54, 1.807) is 0 Å². The number of amides is 1. The second-order valence-electron chi connectivity index (χ2n) is 3.47. The smallest absolute Gasteiger partial charge is 0.248 e. The van der Waals surface area contributed by atoms with Crippen LogP contribution >= 0.6 is 0 Å². The molecule has 0 saturated carbocycles. The molecule has 1 atom stereocenters. The van der Waals surface area contributed by atoms with Crippen molar-refractivity contribution in [2.24, 2.45) is 5.73 Å². The van der Waals surface area contributed by atoms with Crippen LogP contribution in [0.3, 0.4) is 0 Å². The van der Waals surface area contributed by atoms with E-state index in [4.69, 9.17) is 5.73 Å². The van der Waals surface area contributed by atoms with Gasteiger partial charge in [-0.15, -0.1) is 0 Å². The summed E-state index contributed by atoms with van der Waals surface area (Å²) in [6, 6.07) is 1.88. The van der Waals surface area contributed by atoms with Gasteiger partial charge in [-0.3, -0.25) is 4.79 Å². The minimum Gasteiger partial charge on any atom is -0.324 e. The molecule has 0 radical (unpaired) electrons. The van der Waals surface area contributed by atoms with Gasteiger partial charge in [0.05, 0.1) is 0 Å². The van der Waals surface area contributed by atoms with Crippen LogP contribution in [0, 0.1) is 11.6 Å². The number of hydrogen-bond donors (Lipinski definition) is 2. The Morgan fingerprint density at radius 2 is 1.93 bits per heavy atom. The zero-order valence-corrected chi connectivity index (χ0v) is 7.40. The third kappa shape index (κ3) is 1.02. The van der Waals surface area contributed by atoms with Crippen LogP contribution in [0.15, 0.2) is 12.1 Å². The molecular formula is C9H8F2N2O. The predicted octanol–water partition coefficient (Wildman–Crippen LogP) is 1.09. The standard InChI is InChI=1S/C9H8F2N2O/c1-9(12)4-2-5(10)6(11)3-7(4)13-8(9)14/h2-3H,12H2,1H3,(H,13,14)/t9-/m0/s1. The Kier molecular flexibility index (Phi) is 1.63. The van der Waals surface area contributed by atoms with E-state index in [0.29, 0.717) is 0 Å². The molecule has 1 aromatic rings. The Morgan fingerprint density at radius 3 is 2.57 bits per heavy atom. The monoisotopic (exact) mass is 198 g/mol. The number of rotatable bonds is 0. The molecule has 14 heavy (non-hydrogen) atoms. The topological polar surface area (TPSA) is 55.1 Å². The van der Waals surface area contributed by atoms with Gasteiger partial charge in [-0.2, -0.15) is 0 Å². The molecule has 0 aliphatic carbocycles. The summed E-state index contributed by atoms with van der Waals surface area (Å²) in [4.78, 5) is 11.3. The Balaban J connectivity index is 2.67. The number of hydrogen-bond acceptors (Lipinski definition) is 2. The molecule has 0 fully saturated rings. The number of halogens is 2. The van der Waals surface area contributed by atoms with Crippen LogP contribution in [0.4, 0.5) is 14.5 Å².